The Labute approximate surface area is 136 Å². The molecule has 0 bridgehead atoms. The molecule has 3 nitrogen and oxygen atoms in total. The molecular formula is C18H25N3S. The number of nitrogens with zero attached hydrogens (tertiary/aromatic N) is 2. The maximum atomic E-state index is 4.63. The molecule has 118 valence electrons. The Kier molecular flexibility index (Phi) is 3.60. The Morgan fingerprint density at radius 1 is 1.14 bits per heavy atom. The van der Waals surface area contributed by atoms with E-state index in [1.807, 2.05) is 11.3 Å². The van der Waals surface area contributed by atoms with Gasteiger partial charge in [-0.3, -0.25) is 0 Å². The summed E-state index contributed by atoms with van der Waals surface area (Å²) in [5, 5.41) is 5.07. The zero-order valence-corrected chi connectivity index (χ0v) is 14.4. The SMILES string of the molecule is CC1(C)CCCc2sc3ncnc(NC4CCCCC4)c3c21. The van der Waals surface area contributed by atoms with Crippen LogP contribution in [0.4, 0.5) is 5.82 Å². The van der Waals surface area contributed by atoms with Crippen LogP contribution in [0.25, 0.3) is 10.2 Å². The van der Waals surface area contributed by atoms with Gasteiger partial charge in [0, 0.05) is 10.9 Å². The van der Waals surface area contributed by atoms with Crippen LogP contribution in [0.15, 0.2) is 6.33 Å². The maximum Gasteiger partial charge on any atom is 0.138 e. The highest BCUT2D eigenvalue weighted by Gasteiger charge is 2.33. The van der Waals surface area contributed by atoms with Crippen molar-refractivity contribution in [1.29, 1.82) is 0 Å². The zero-order chi connectivity index (χ0) is 15.2. The second-order valence-electron chi connectivity index (χ2n) is 7.52. The van der Waals surface area contributed by atoms with Crippen molar-refractivity contribution in [1.82, 2.24) is 9.97 Å². The summed E-state index contributed by atoms with van der Waals surface area (Å²) in [5.41, 5.74) is 1.78. The predicted molar refractivity (Wildman–Crippen MR) is 93.9 cm³/mol. The Morgan fingerprint density at radius 3 is 2.77 bits per heavy atom. The van der Waals surface area contributed by atoms with Gasteiger partial charge in [-0.1, -0.05) is 33.1 Å². The van der Waals surface area contributed by atoms with Crippen molar-refractivity contribution >= 4 is 27.4 Å². The van der Waals surface area contributed by atoms with Crippen molar-refractivity contribution in [2.24, 2.45) is 0 Å². The van der Waals surface area contributed by atoms with E-state index >= 15 is 0 Å². The van der Waals surface area contributed by atoms with Gasteiger partial charge in [-0.2, -0.15) is 0 Å². The zero-order valence-electron chi connectivity index (χ0n) is 13.6. The molecule has 2 aromatic heterocycles. The molecular weight excluding hydrogens is 290 g/mol. The molecule has 4 heteroatoms. The van der Waals surface area contributed by atoms with E-state index in [4.69, 9.17) is 0 Å². The van der Waals surface area contributed by atoms with Crippen molar-refractivity contribution in [2.45, 2.75) is 76.7 Å². The van der Waals surface area contributed by atoms with Crippen LogP contribution in [0.5, 0.6) is 0 Å². The number of nitrogens with one attached hydrogen (secondary N) is 1. The number of thiophene rings is 1. The number of fused-ring (bicyclic) bond motifs is 3. The first kappa shape index (κ1) is 14.4. The van der Waals surface area contributed by atoms with Gasteiger partial charge in [0.1, 0.15) is 17.0 Å². The molecule has 0 atom stereocenters. The first-order valence-corrected chi connectivity index (χ1v) is 9.50. The minimum Gasteiger partial charge on any atom is -0.367 e. The van der Waals surface area contributed by atoms with E-state index in [1.165, 1.54) is 67.1 Å². The summed E-state index contributed by atoms with van der Waals surface area (Å²) in [7, 11) is 0. The van der Waals surface area contributed by atoms with Crippen molar-refractivity contribution in [3.8, 4) is 0 Å². The molecule has 2 aromatic rings. The van der Waals surface area contributed by atoms with Gasteiger partial charge in [-0.25, -0.2) is 9.97 Å². The summed E-state index contributed by atoms with van der Waals surface area (Å²) in [4.78, 5) is 11.9. The van der Waals surface area contributed by atoms with Crippen molar-refractivity contribution in [2.75, 3.05) is 5.32 Å². The number of hydrogen-bond acceptors (Lipinski definition) is 4. The predicted octanol–water partition coefficient (Wildman–Crippen LogP) is 5.05. The fourth-order valence-electron chi connectivity index (χ4n) is 4.24. The van der Waals surface area contributed by atoms with E-state index in [1.54, 1.807) is 11.2 Å². The van der Waals surface area contributed by atoms with E-state index in [0.717, 1.165) is 5.82 Å². The molecule has 2 heterocycles. The molecule has 2 aliphatic carbocycles. The van der Waals surface area contributed by atoms with Crippen LogP contribution in [0.3, 0.4) is 0 Å². The first-order chi connectivity index (χ1) is 10.6. The van der Waals surface area contributed by atoms with Gasteiger partial charge < -0.3 is 5.32 Å². The Morgan fingerprint density at radius 2 is 1.95 bits per heavy atom. The van der Waals surface area contributed by atoms with Gasteiger partial charge >= 0.3 is 0 Å². The summed E-state index contributed by atoms with van der Waals surface area (Å²) < 4.78 is 0. The van der Waals surface area contributed by atoms with Crippen LogP contribution in [0, 0.1) is 0 Å². The third-order valence-corrected chi connectivity index (χ3v) is 6.55. The van der Waals surface area contributed by atoms with Crippen molar-refractivity contribution in [3.05, 3.63) is 16.8 Å². The van der Waals surface area contributed by atoms with E-state index in [-0.39, 0.29) is 5.41 Å². The number of hydrogen-bond donors (Lipinski definition) is 1. The molecule has 0 unspecified atom stereocenters. The number of aryl methyl sites for hydroxylation is 1. The third-order valence-electron chi connectivity index (χ3n) is 5.39. The molecule has 22 heavy (non-hydrogen) atoms. The summed E-state index contributed by atoms with van der Waals surface area (Å²) in [6.07, 6.45) is 12.2. The number of rotatable bonds is 2. The summed E-state index contributed by atoms with van der Waals surface area (Å²) in [6.45, 7) is 4.77. The highest BCUT2D eigenvalue weighted by atomic mass is 32.1. The Balaban J connectivity index is 1.80. The van der Waals surface area contributed by atoms with E-state index in [2.05, 4.69) is 29.1 Å². The van der Waals surface area contributed by atoms with E-state index in [9.17, 15) is 0 Å². The lowest BCUT2D eigenvalue weighted by atomic mass is 9.75. The van der Waals surface area contributed by atoms with Gasteiger partial charge in [0.25, 0.3) is 0 Å². The largest absolute Gasteiger partial charge is 0.367 e. The van der Waals surface area contributed by atoms with Crippen molar-refractivity contribution in [3.63, 3.8) is 0 Å². The normalized spacial score (nSPS) is 21.7. The molecule has 0 aliphatic heterocycles. The lowest BCUT2D eigenvalue weighted by Crippen LogP contribution is -2.25. The molecule has 2 aliphatic rings. The van der Waals surface area contributed by atoms with Crippen LogP contribution in [-0.2, 0) is 11.8 Å². The topological polar surface area (TPSA) is 37.8 Å². The highest BCUT2D eigenvalue weighted by Crippen LogP contribution is 2.46. The molecule has 4 rings (SSSR count). The highest BCUT2D eigenvalue weighted by molar-refractivity contribution is 7.19. The molecule has 0 spiro atoms. The van der Waals surface area contributed by atoms with Crippen LogP contribution < -0.4 is 5.32 Å². The molecule has 0 aromatic carbocycles. The van der Waals surface area contributed by atoms with Crippen LogP contribution in [-0.4, -0.2) is 16.0 Å². The monoisotopic (exact) mass is 315 g/mol. The van der Waals surface area contributed by atoms with E-state index in [0.29, 0.717) is 6.04 Å². The fraction of sp³-hybridized carbons (Fsp3) is 0.667. The van der Waals surface area contributed by atoms with Gasteiger partial charge in [0.2, 0.25) is 0 Å². The third kappa shape index (κ3) is 2.41. The van der Waals surface area contributed by atoms with Crippen LogP contribution in [0.2, 0.25) is 0 Å². The van der Waals surface area contributed by atoms with E-state index < -0.39 is 0 Å². The van der Waals surface area contributed by atoms with Gasteiger partial charge in [-0.15, -0.1) is 11.3 Å². The second kappa shape index (κ2) is 5.48. The minimum atomic E-state index is 0.250. The standard InChI is InChI=1S/C18H25N3S/c1-18(2)10-6-9-13-15(18)14-16(19-11-20-17(14)22-13)21-12-7-4-3-5-8-12/h11-12H,3-10H2,1-2H3,(H,19,20,21). The fourth-order valence-corrected chi connectivity index (χ4v) is 5.60. The average molecular weight is 315 g/mol. The Hall–Kier alpha value is -1.16. The minimum absolute atomic E-state index is 0.250. The summed E-state index contributed by atoms with van der Waals surface area (Å²) in [6, 6.07) is 0.592. The quantitative estimate of drug-likeness (QED) is 0.842. The number of anilines is 1. The van der Waals surface area contributed by atoms with Gasteiger partial charge in [0.15, 0.2) is 0 Å². The Bertz CT molecular complexity index is 683. The average Bonchev–Trinajstić information content (AvgIpc) is 2.89. The molecule has 0 radical (unpaired) electrons. The van der Waals surface area contributed by atoms with Gasteiger partial charge in [-0.05, 0) is 43.1 Å². The smallest absolute Gasteiger partial charge is 0.138 e. The van der Waals surface area contributed by atoms with Crippen molar-refractivity contribution < 1.29 is 0 Å². The first-order valence-electron chi connectivity index (χ1n) is 8.68. The lowest BCUT2D eigenvalue weighted by Gasteiger charge is -2.31. The molecule has 1 saturated carbocycles. The second-order valence-corrected chi connectivity index (χ2v) is 8.60. The molecule has 1 N–H and O–H groups in total. The van der Waals surface area contributed by atoms with Crippen LogP contribution >= 0.6 is 11.3 Å². The van der Waals surface area contributed by atoms with Crippen LogP contribution in [0.1, 0.15) is 69.2 Å². The lowest BCUT2D eigenvalue weighted by molar-refractivity contribution is 0.439. The molecule has 0 saturated heterocycles. The maximum absolute atomic E-state index is 4.63. The summed E-state index contributed by atoms with van der Waals surface area (Å²) >= 11 is 1.89. The van der Waals surface area contributed by atoms with Gasteiger partial charge in [0.05, 0.1) is 5.39 Å². The molecule has 0 amide bonds. The molecule has 1 fully saturated rings. The number of aromatic nitrogens is 2. The summed E-state index contributed by atoms with van der Waals surface area (Å²) in [5.74, 6) is 1.09.